The van der Waals surface area contributed by atoms with Crippen molar-refractivity contribution in [1.82, 2.24) is 4.90 Å². The summed E-state index contributed by atoms with van der Waals surface area (Å²) in [6.07, 6.45) is 0. The Labute approximate surface area is 158 Å². The van der Waals surface area contributed by atoms with Crippen LogP contribution in [-0.2, 0) is 0 Å². The molecule has 0 unspecified atom stereocenters. The van der Waals surface area contributed by atoms with Crippen molar-refractivity contribution in [2.45, 2.75) is 12.0 Å². The number of rotatable bonds is 4. The van der Waals surface area contributed by atoms with Gasteiger partial charge in [0.15, 0.2) is 0 Å². The van der Waals surface area contributed by atoms with Gasteiger partial charge in [-0.15, -0.1) is 11.3 Å². The van der Waals surface area contributed by atoms with E-state index in [1.54, 1.807) is 0 Å². The number of thiophene rings is 1. The fourth-order valence-corrected chi connectivity index (χ4v) is 5.00. The zero-order chi connectivity index (χ0) is 17.3. The molecule has 1 saturated heterocycles. The molecule has 1 aliphatic rings. The molecule has 0 spiro atoms. The average molecular weight is 356 g/mol. The molecule has 0 radical (unpaired) electrons. The van der Waals surface area contributed by atoms with Gasteiger partial charge in [0.2, 0.25) is 0 Å². The monoisotopic (exact) mass is 355 g/mol. The standard InChI is InChI=1S/C24H21NS/c1-3-8-18(9-4-1)24(19-10-5-2-6-11-19)25-16-20(17-25)21-12-7-13-23-22(21)14-15-26-23/h1-15,20,24H,16-17H2. The summed E-state index contributed by atoms with van der Waals surface area (Å²) in [7, 11) is 0. The van der Waals surface area contributed by atoms with Gasteiger partial charge in [0, 0.05) is 23.7 Å². The summed E-state index contributed by atoms with van der Waals surface area (Å²) < 4.78 is 1.41. The van der Waals surface area contributed by atoms with E-state index in [1.807, 2.05) is 11.3 Å². The molecule has 3 aromatic carbocycles. The molecule has 1 fully saturated rings. The smallest absolute Gasteiger partial charge is 0.0602 e. The van der Waals surface area contributed by atoms with Gasteiger partial charge in [-0.2, -0.15) is 0 Å². The van der Waals surface area contributed by atoms with Gasteiger partial charge < -0.3 is 0 Å². The van der Waals surface area contributed by atoms with Crippen LogP contribution in [0.25, 0.3) is 10.1 Å². The van der Waals surface area contributed by atoms with Crippen molar-refractivity contribution >= 4 is 21.4 Å². The summed E-state index contributed by atoms with van der Waals surface area (Å²) in [5.41, 5.74) is 4.27. The maximum atomic E-state index is 2.61. The van der Waals surface area contributed by atoms with E-state index in [-0.39, 0.29) is 0 Å². The highest BCUT2D eigenvalue weighted by atomic mass is 32.1. The van der Waals surface area contributed by atoms with Gasteiger partial charge in [-0.05, 0) is 39.6 Å². The Kier molecular flexibility index (Phi) is 4.08. The first-order chi connectivity index (χ1) is 12.9. The Morgan fingerprint density at radius 2 is 1.38 bits per heavy atom. The van der Waals surface area contributed by atoms with Crippen LogP contribution in [0.5, 0.6) is 0 Å². The number of likely N-dealkylation sites (tertiary alicyclic amines) is 1. The average Bonchev–Trinajstić information content (AvgIpc) is 3.15. The zero-order valence-corrected chi connectivity index (χ0v) is 15.4. The first kappa shape index (κ1) is 15.8. The maximum Gasteiger partial charge on any atom is 0.0602 e. The van der Waals surface area contributed by atoms with Crippen LogP contribution in [0, 0.1) is 0 Å². The number of fused-ring (bicyclic) bond motifs is 1. The highest BCUT2D eigenvalue weighted by Crippen LogP contribution is 2.40. The predicted octanol–water partition coefficient (Wildman–Crippen LogP) is 6.09. The van der Waals surface area contributed by atoms with Crippen LogP contribution in [-0.4, -0.2) is 18.0 Å². The number of nitrogens with zero attached hydrogens (tertiary/aromatic N) is 1. The normalized spacial score (nSPS) is 15.4. The fourth-order valence-electron chi connectivity index (χ4n) is 4.18. The molecule has 1 aliphatic heterocycles. The van der Waals surface area contributed by atoms with E-state index in [0.717, 1.165) is 13.1 Å². The second kappa shape index (κ2) is 6.71. The van der Waals surface area contributed by atoms with E-state index in [9.17, 15) is 0 Å². The minimum Gasteiger partial charge on any atom is -0.291 e. The molecule has 4 aromatic rings. The van der Waals surface area contributed by atoms with E-state index in [1.165, 1.54) is 26.8 Å². The molecule has 0 amide bonds. The molecule has 2 heterocycles. The van der Waals surface area contributed by atoms with Crippen LogP contribution >= 0.6 is 11.3 Å². The topological polar surface area (TPSA) is 3.24 Å². The van der Waals surface area contributed by atoms with E-state index < -0.39 is 0 Å². The quantitative estimate of drug-likeness (QED) is 0.428. The lowest BCUT2D eigenvalue weighted by molar-refractivity contribution is 0.112. The molecule has 0 bridgehead atoms. The van der Waals surface area contributed by atoms with Crippen LogP contribution in [0.2, 0.25) is 0 Å². The number of hydrogen-bond acceptors (Lipinski definition) is 2. The van der Waals surface area contributed by atoms with Gasteiger partial charge in [-0.1, -0.05) is 72.8 Å². The van der Waals surface area contributed by atoms with Crippen LogP contribution < -0.4 is 0 Å². The van der Waals surface area contributed by atoms with Gasteiger partial charge >= 0.3 is 0 Å². The van der Waals surface area contributed by atoms with E-state index in [4.69, 9.17) is 0 Å². The largest absolute Gasteiger partial charge is 0.291 e. The van der Waals surface area contributed by atoms with Crippen LogP contribution in [0.1, 0.15) is 28.7 Å². The van der Waals surface area contributed by atoms with Crippen molar-refractivity contribution in [3.63, 3.8) is 0 Å². The van der Waals surface area contributed by atoms with Gasteiger partial charge in [0.05, 0.1) is 6.04 Å². The van der Waals surface area contributed by atoms with Crippen molar-refractivity contribution in [3.05, 3.63) is 107 Å². The summed E-state index contributed by atoms with van der Waals surface area (Å²) in [5, 5.41) is 3.65. The van der Waals surface area contributed by atoms with Gasteiger partial charge in [0.25, 0.3) is 0 Å². The molecule has 0 atom stereocenters. The minimum atomic E-state index is 0.343. The molecule has 0 aliphatic carbocycles. The molecule has 0 N–H and O–H groups in total. The SMILES string of the molecule is c1ccc(C(c2ccccc2)N2CC(c3cccc4sccc34)C2)cc1. The third-order valence-electron chi connectivity index (χ3n) is 5.47. The first-order valence-electron chi connectivity index (χ1n) is 9.20. The summed E-state index contributed by atoms with van der Waals surface area (Å²) in [6.45, 7) is 2.23. The predicted molar refractivity (Wildman–Crippen MR) is 111 cm³/mol. The summed E-state index contributed by atoms with van der Waals surface area (Å²) in [6, 6.07) is 31.2. The minimum absolute atomic E-state index is 0.343. The van der Waals surface area contributed by atoms with Gasteiger partial charge in [-0.25, -0.2) is 0 Å². The Morgan fingerprint density at radius 3 is 2.04 bits per heavy atom. The summed E-state index contributed by atoms with van der Waals surface area (Å²) >= 11 is 1.84. The Balaban J connectivity index is 1.44. The summed E-state index contributed by atoms with van der Waals surface area (Å²) in [5.74, 6) is 0.628. The van der Waals surface area contributed by atoms with Crippen molar-refractivity contribution in [3.8, 4) is 0 Å². The van der Waals surface area contributed by atoms with Crippen molar-refractivity contribution in [2.75, 3.05) is 13.1 Å². The lowest BCUT2D eigenvalue weighted by Crippen LogP contribution is -2.47. The third kappa shape index (κ3) is 2.76. The third-order valence-corrected chi connectivity index (χ3v) is 6.36. The van der Waals surface area contributed by atoms with E-state index >= 15 is 0 Å². The van der Waals surface area contributed by atoms with Gasteiger partial charge in [-0.3, -0.25) is 4.90 Å². The van der Waals surface area contributed by atoms with Crippen molar-refractivity contribution < 1.29 is 0 Å². The molecule has 5 rings (SSSR count). The molecule has 26 heavy (non-hydrogen) atoms. The number of hydrogen-bond donors (Lipinski definition) is 0. The van der Waals surface area contributed by atoms with Gasteiger partial charge in [0.1, 0.15) is 0 Å². The van der Waals surface area contributed by atoms with Crippen LogP contribution in [0.3, 0.4) is 0 Å². The molecule has 1 nitrogen and oxygen atoms in total. The highest BCUT2D eigenvalue weighted by molar-refractivity contribution is 7.17. The Bertz CT molecular complexity index is 961. The van der Waals surface area contributed by atoms with Crippen molar-refractivity contribution in [1.29, 1.82) is 0 Å². The zero-order valence-electron chi connectivity index (χ0n) is 14.6. The summed E-state index contributed by atoms with van der Waals surface area (Å²) in [4.78, 5) is 2.61. The first-order valence-corrected chi connectivity index (χ1v) is 10.1. The maximum absolute atomic E-state index is 2.61. The van der Waals surface area contributed by atoms with Crippen LogP contribution in [0.15, 0.2) is 90.3 Å². The molecule has 1 aromatic heterocycles. The Hall–Kier alpha value is -2.42. The van der Waals surface area contributed by atoms with Crippen molar-refractivity contribution in [2.24, 2.45) is 0 Å². The molecular formula is C24H21NS. The fraction of sp³-hybridized carbons (Fsp3) is 0.167. The molecule has 0 saturated carbocycles. The lowest BCUT2D eigenvalue weighted by Gasteiger charge is -2.45. The Morgan fingerprint density at radius 1 is 0.731 bits per heavy atom. The second-order valence-electron chi connectivity index (χ2n) is 7.05. The second-order valence-corrected chi connectivity index (χ2v) is 8.00. The lowest BCUT2D eigenvalue weighted by atomic mass is 9.85. The molecule has 128 valence electrons. The van der Waals surface area contributed by atoms with E-state index in [2.05, 4.69) is 95.2 Å². The molecule has 2 heteroatoms. The van der Waals surface area contributed by atoms with E-state index in [0.29, 0.717) is 12.0 Å². The molecular weight excluding hydrogens is 334 g/mol. The van der Waals surface area contributed by atoms with Crippen LogP contribution in [0.4, 0.5) is 0 Å². The highest BCUT2D eigenvalue weighted by Gasteiger charge is 2.35. The number of benzene rings is 3.